The highest BCUT2D eigenvalue weighted by Gasteiger charge is 2.14. The van der Waals surface area contributed by atoms with Crippen molar-refractivity contribution in [2.45, 2.75) is 0 Å². The van der Waals surface area contributed by atoms with E-state index in [0.717, 1.165) is 10.9 Å². The fourth-order valence-corrected chi connectivity index (χ4v) is 2.43. The molecule has 6 heteroatoms. The summed E-state index contributed by atoms with van der Waals surface area (Å²) in [4.78, 5) is 19.7. The molecule has 0 atom stereocenters. The number of aromatic amines is 1. The Balaban J connectivity index is 1.60. The van der Waals surface area contributed by atoms with E-state index in [4.69, 9.17) is 4.52 Å². The molecule has 0 bridgehead atoms. The molecule has 6 nitrogen and oxygen atoms in total. The minimum atomic E-state index is -0.251. The molecule has 0 unspecified atom stereocenters. The van der Waals surface area contributed by atoms with Gasteiger partial charge in [-0.25, -0.2) is 0 Å². The predicted octanol–water partition coefficient (Wildman–Crippen LogP) is 3.47. The summed E-state index contributed by atoms with van der Waals surface area (Å²) in [6, 6.07) is 14.5. The third-order valence-electron chi connectivity index (χ3n) is 3.51. The average molecular weight is 304 g/mol. The molecule has 0 radical (unpaired) electrons. The zero-order valence-electron chi connectivity index (χ0n) is 12.0. The van der Waals surface area contributed by atoms with Crippen LogP contribution >= 0.6 is 0 Å². The van der Waals surface area contributed by atoms with Gasteiger partial charge in [0.15, 0.2) is 0 Å². The topological polar surface area (TPSA) is 83.8 Å². The van der Waals surface area contributed by atoms with Crippen LogP contribution in [-0.4, -0.2) is 21.0 Å². The van der Waals surface area contributed by atoms with Gasteiger partial charge < -0.3 is 9.51 Å². The van der Waals surface area contributed by atoms with Gasteiger partial charge in [-0.1, -0.05) is 17.3 Å². The maximum absolute atomic E-state index is 12.4. The maximum Gasteiger partial charge on any atom is 0.258 e. The van der Waals surface area contributed by atoms with Crippen LogP contribution in [0.2, 0.25) is 0 Å². The number of anilines is 1. The average Bonchev–Trinajstić information content (AvgIpc) is 3.24. The van der Waals surface area contributed by atoms with Crippen molar-refractivity contribution in [3.63, 3.8) is 0 Å². The third-order valence-corrected chi connectivity index (χ3v) is 3.51. The molecule has 3 aromatic heterocycles. The van der Waals surface area contributed by atoms with Crippen LogP contribution in [0.4, 0.5) is 5.88 Å². The monoisotopic (exact) mass is 304 g/mol. The van der Waals surface area contributed by atoms with Crippen LogP contribution in [0.1, 0.15) is 10.4 Å². The van der Waals surface area contributed by atoms with Crippen molar-refractivity contribution in [3.8, 4) is 11.4 Å². The summed E-state index contributed by atoms with van der Waals surface area (Å²) in [7, 11) is 0. The highest BCUT2D eigenvalue weighted by atomic mass is 16.5. The molecule has 4 aromatic rings. The van der Waals surface area contributed by atoms with Gasteiger partial charge in [-0.15, -0.1) is 0 Å². The van der Waals surface area contributed by atoms with E-state index >= 15 is 0 Å². The van der Waals surface area contributed by atoms with Crippen LogP contribution in [0.3, 0.4) is 0 Å². The van der Waals surface area contributed by atoms with Crippen molar-refractivity contribution in [2.75, 3.05) is 5.32 Å². The van der Waals surface area contributed by atoms with Crippen LogP contribution in [0, 0.1) is 0 Å². The maximum atomic E-state index is 12.4. The van der Waals surface area contributed by atoms with Gasteiger partial charge in [0, 0.05) is 34.9 Å². The van der Waals surface area contributed by atoms with E-state index in [1.807, 2.05) is 36.4 Å². The molecule has 0 spiro atoms. The summed E-state index contributed by atoms with van der Waals surface area (Å²) < 4.78 is 5.17. The van der Waals surface area contributed by atoms with Crippen molar-refractivity contribution in [3.05, 3.63) is 66.5 Å². The van der Waals surface area contributed by atoms with E-state index in [1.54, 1.807) is 24.5 Å². The van der Waals surface area contributed by atoms with E-state index in [9.17, 15) is 4.79 Å². The summed E-state index contributed by atoms with van der Waals surface area (Å²) >= 11 is 0. The molecule has 4 rings (SSSR count). The highest BCUT2D eigenvalue weighted by Crippen LogP contribution is 2.22. The molecule has 0 saturated carbocycles. The lowest BCUT2D eigenvalue weighted by atomic mass is 10.1. The zero-order chi connectivity index (χ0) is 15.6. The van der Waals surface area contributed by atoms with Crippen molar-refractivity contribution >= 4 is 22.7 Å². The highest BCUT2D eigenvalue weighted by molar-refractivity contribution is 6.12. The lowest BCUT2D eigenvalue weighted by molar-refractivity contribution is 0.102. The number of carbonyl (C=O) groups is 1. The normalized spacial score (nSPS) is 10.8. The van der Waals surface area contributed by atoms with Crippen molar-refractivity contribution < 1.29 is 9.32 Å². The summed E-state index contributed by atoms with van der Waals surface area (Å²) in [6.45, 7) is 0. The molecule has 1 amide bonds. The minimum absolute atomic E-state index is 0.251. The number of nitrogens with one attached hydrogen (secondary N) is 2. The molecular weight excluding hydrogens is 292 g/mol. The third kappa shape index (κ3) is 2.46. The number of amides is 1. The smallest absolute Gasteiger partial charge is 0.258 e. The SMILES string of the molecule is O=C(Nc1cc(-c2ccccn2)no1)c1cccc2[nH]ccc12. The molecule has 0 saturated heterocycles. The Morgan fingerprint density at radius 3 is 2.91 bits per heavy atom. The number of hydrogen-bond acceptors (Lipinski definition) is 4. The fraction of sp³-hybridized carbons (Fsp3) is 0. The fourth-order valence-electron chi connectivity index (χ4n) is 2.43. The van der Waals surface area contributed by atoms with Crippen molar-refractivity contribution in [1.29, 1.82) is 0 Å². The molecule has 112 valence electrons. The van der Waals surface area contributed by atoms with Gasteiger partial charge in [0.2, 0.25) is 5.88 Å². The standard InChI is InChI=1S/C17H12N4O2/c22-17(12-4-3-6-13-11(12)7-9-19-13)20-16-10-15(21-23-16)14-5-1-2-8-18-14/h1-10,19H,(H,20,22). The van der Waals surface area contributed by atoms with E-state index < -0.39 is 0 Å². The van der Waals surface area contributed by atoms with Gasteiger partial charge in [0.25, 0.3) is 5.91 Å². The first-order chi connectivity index (χ1) is 11.3. The van der Waals surface area contributed by atoms with E-state index in [-0.39, 0.29) is 11.8 Å². The number of fused-ring (bicyclic) bond motifs is 1. The number of benzene rings is 1. The van der Waals surface area contributed by atoms with Gasteiger partial charge >= 0.3 is 0 Å². The second kappa shape index (κ2) is 5.42. The van der Waals surface area contributed by atoms with Gasteiger partial charge in [0.05, 0.1) is 5.69 Å². The predicted molar refractivity (Wildman–Crippen MR) is 86.0 cm³/mol. The largest absolute Gasteiger partial charge is 0.361 e. The summed E-state index contributed by atoms with van der Waals surface area (Å²) in [5.41, 5.74) is 2.73. The first-order valence-corrected chi connectivity index (χ1v) is 7.07. The lowest BCUT2D eigenvalue weighted by Crippen LogP contribution is -2.11. The lowest BCUT2D eigenvalue weighted by Gasteiger charge is -2.02. The molecule has 23 heavy (non-hydrogen) atoms. The molecule has 2 N–H and O–H groups in total. The first kappa shape index (κ1) is 13.3. The number of aromatic nitrogens is 3. The quantitative estimate of drug-likeness (QED) is 0.607. The van der Waals surface area contributed by atoms with Crippen molar-refractivity contribution in [1.82, 2.24) is 15.1 Å². The number of carbonyl (C=O) groups excluding carboxylic acids is 1. The second-order valence-corrected chi connectivity index (χ2v) is 4.99. The number of hydrogen-bond donors (Lipinski definition) is 2. The number of H-pyrrole nitrogens is 1. The summed E-state index contributed by atoms with van der Waals surface area (Å²) in [5, 5.41) is 7.50. The summed E-state index contributed by atoms with van der Waals surface area (Å²) in [5.74, 6) is 0.0297. The van der Waals surface area contributed by atoms with Crippen molar-refractivity contribution in [2.24, 2.45) is 0 Å². The first-order valence-electron chi connectivity index (χ1n) is 7.07. The molecular formula is C17H12N4O2. The summed E-state index contributed by atoms with van der Waals surface area (Å²) in [6.07, 6.45) is 3.48. The van der Waals surface area contributed by atoms with Crippen LogP contribution in [-0.2, 0) is 0 Å². The second-order valence-electron chi connectivity index (χ2n) is 4.99. The zero-order valence-corrected chi connectivity index (χ0v) is 12.0. The molecule has 3 heterocycles. The minimum Gasteiger partial charge on any atom is -0.361 e. The van der Waals surface area contributed by atoms with E-state index in [1.165, 1.54) is 0 Å². The molecule has 0 aliphatic rings. The van der Waals surface area contributed by atoms with Crippen LogP contribution in [0.5, 0.6) is 0 Å². The van der Waals surface area contributed by atoms with Crippen LogP contribution < -0.4 is 5.32 Å². The molecule has 0 fully saturated rings. The Kier molecular flexibility index (Phi) is 3.12. The Morgan fingerprint density at radius 1 is 1.09 bits per heavy atom. The van der Waals surface area contributed by atoms with Crippen LogP contribution in [0.15, 0.2) is 65.4 Å². The van der Waals surface area contributed by atoms with Gasteiger partial charge in [-0.2, -0.15) is 0 Å². The van der Waals surface area contributed by atoms with Gasteiger partial charge in [-0.05, 0) is 30.3 Å². The number of nitrogens with zero attached hydrogens (tertiary/aromatic N) is 2. The van der Waals surface area contributed by atoms with Gasteiger partial charge in [-0.3, -0.25) is 15.1 Å². The van der Waals surface area contributed by atoms with E-state index in [0.29, 0.717) is 17.0 Å². The number of rotatable bonds is 3. The Labute approximate surface area is 131 Å². The molecule has 0 aliphatic heterocycles. The van der Waals surface area contributed by atoms with Crippen LogP contribution in [0.25, 0.3) is 22.3 Å². The molecule has 0 aliphatic carbocycles. The Morgan fingerprint density at radius 2 is 2.04 bits per heavy atom. The number of pyridine rings is 1. The Hall–Kier alpha value is -3.41. The Bertz CT molecular complexity index is 972. The van der Waals surface area contributed by atoms with E-state index in [2.05, 4.69) is 20.4 Å². The van der Waals surface area contributed by atoms with Gasteiger partial charge in [0.1, 0.15) is 5.69 Å². The molecule has 1 aromatic carbocycles.